The molecule has 1 N–H and O–H groups in total. The van der Waals surface area contributed by atoms with E-state index in [0.717, 1.165) is 0 Å². The first kappa shape index (κ1) is 16.4. The van der Waals surface area contributed by atoms with Crippen molar-refractivity contribution < 1.29 is 14.3 Å². The van der Waals surface area contributed by atoms with Crippen LogP contribution >= 0.6 is 0 Å². The van der Waals surface area contributed by atoms with Crippen LogP contribution in [0.2, 0.25) is 0 Å². The Labute approximate surface area is 135 Å². The van der Waals surface area contributed by atoms with Crippen LogP contribution in [0.3, 0.4) is 0 Å². The SMILES string of the molecule is COc1ccccc1O[C@H](C)CNC(=O)c1cccc(C#N)c1. The molecule has 0 spiro atoms. The summed E-state index contributed by atoms with van der Waals surface area (Å²) in [6.45, 7) is 2.20. The van der Waals surface area contributed by atoms with Crippen molar-refractivity contribution in [3.63, 3.8) is 0 Å². The molecule has 23 heavy (non-hydrogen) atoms. The van der Waals surface area contributed by atoms with Gasteiger partial charge in [0.1, 0.15) is 6.10 Å². The van der Waals surface area contributed by atoms with Gasteiger partial charge in [0.15, 0.2) is 11.5 Å². The van der Waals surface area contributed by atoms with Gasteiger partial charge in [-0.3, -0.25) is 4.79 Å². The third-order valence-corrected chi connectivity index (χ3v) is 3.20. The van der Waals surface area contributed by atoms with Crippen molar-refractivity contribution in [2.75, 3.05) is 13.7 Å². The van der Waals surface area contributed by atoms with Crippen LogP contribution in [0.25, 0.3) is 0 Å². The van der Waals surface area contributed by atoms with E-state index in [-0.39, 0.29) is 12.0 Å². The van der Waals surface area contributed by atoms with Crippen LogP contribution in [0.4, 0.5) is 0 Å². The van der Waals surface area contributed by atoms with E-state index in [4.69, 9.17) is 14.7 Å². The largest absolute Gasteiger partial charge is 0.493 e. The van der Waals surface area contributed by atoms with Gasteiger partial charge < -0.3 is 14.8 Å². The van der Waals surface area contributed by atoms with Gasteiger partial charge in [-0.25, -0.2) is 0 Å². The molecule has 2 aromatic carbocycles. The molecule has 0 unspecified atom stereocenters. The number of para-hydroxylation sites is 2. The van der Waals surface area contributed by atoms with Crippen molar-refractivity contribution in [3.8, 4) is 17.6 Å². The van der Waals surface area contributed by atoms with Gasteiger partial charge in [0.05, 0.1) is 25.3 Å². The van der Waals surface area contributed by atoms with E-state index in [1.165, 1.54) is 0 Å². The minimum absolute atomic E-state index is 0.227. The summed E-state index contributed by atoms with van der Waals surface area (Å²) in [6, 6.07) is 15.9. The highest BCUT2D eigenvalue weighted by Crippen LogP contribution is 2.26. The Hall–Kier alpha value is -3.00. The van der Waals surface area contributed by atoms with Gasteiger partial charge in [0.2, 0.25) is 0 Å². The fourth-order valence-electron chi connectivity index (χ4n) is 2.04. The zero-order valence-electron chi connectivity index (χ0n) is 13.1. The third-order valence-electron chi connectivity index (χ3n) is 3.20. The predicted molar refractivity (Wildman–Crippen MR) is 86.6 cm³/mol. The molecule has 0 fully saturated rings. The van der Waals surface area contributed by atoms with Crippen LogP contribution in [-0.2, 0) is 0 Å². The lowest BCUT2D eigenvalue weighted by molar-refractivity contribution is 0.0931. The van der Waals surface area contributed by atoms with Crippen LogP contribution in [0.1, 0.15) is 22.8 Å². The van der Waals surface area contributed by atoms with Crippen molar-refractivity contribution in [1.82, 2.24) is 5.32 Å². The number of amides is 1. The fourth-order valence-corrected chi connectivity index (χ4v) is 2.04. The molecule has 0 heterocycles. The molecule has 2 rings (SSSR count). The minimum atomic E-state index is -0.238. The molecule has 0 saturated heterocycles. The van der Waals surface area contributed by atoms with E-state index in [1.54, 1.807) is 31.4 Å². The summed E-state index contributed by atoms with van der Waals surface area (Å²) in [5, 5.41) is 11.7. The van der Waals surface area contributed by atoms with E-state index in [9.17, 15) is 4.79 Å². The molecule has 0 aliphatic carbocycles. The molecule has 0 aliphatic rings. The zero-order valence-corrected chi connectivity index (χ0v) is 13.1. The van der Waals surface area contributed by atoms with Gasteiger partial charge in [-0.1, -0.05) is 18.2 Å². The quantitative estimate of drug-likeness (QED) is 0.890. The summed E-state index contributed by atoms with van der Waals surface area (Å²) >= 11 is 0. The van der Waals surface area contributed by atoms with Gasteiger partial charge in [0.25, 0.3) is 5.91 Å². The van der Waals surface area contributed by atoms with E-state index in [2.05, 4.69) is 5.32 Å². The zero-order chi connectivity index (χ0) is 16.7. The number of ether oxygens (including phenoxy) is 2. The summed E-state index contributed by atoms with van der Waals surface area (Å²) < 4.78 is 11.0. The second kappa shape index (κ2) is 7.85. The molecule has 118 valence electrons. The number of methoxy groups -OCH3 is 1. The molecule has 1 atom stereocenters. The van der Waals surface area contributed by atoms with Gasteiger partial charge in [-0.2, -0.15) is 5.26 Å². The Bertz CT molecular complexity index is 722. The maximum atomic E-state index is 12.1. The topological polar surface area (TPSA) is 71.3 Å². The van der Waals surface area contributed by atoms with Crippen molar-refractivity contribution in [2.24, 2.45) is 0 Å². The molecule has 0 aromatic heterocycles. The summed E-state index contributed by atoms with van der Waals surface area (Å²) in [4.78, 5) is 12.1. The van der Waals surface area contributed by atoms with Crippen molar-refractivity contribution in [2.45, 2.75) is 13.0 Å². The van der Waals surface area contributed by atoms with Crippen LogP contribution in [0, 0.1) is 11.3 Å². The molecule has 5 nitrogen and oxygen atoms in total. The molecule has 0 bridgehead atoms. The molecular weight excluding hydrogens is 292 g/mol. The number of nitrogens with zero attached hydrogens (tertiary/aromatic N) is 1. The average Bonchev–Trinajstić information content (AvgIpc) is 2.60. The Morgan fingerprint density at radius 1 is 1.22 bits per heavy atom. The molecular formula is C18H18N2O3. The smallest absolute Gasteiger partial charge is 0.251 e. The number of benzene rings is 2. The molecule has 0 saturated carbocycles. The average molecular weight is 310 g/mol. The highest BCUT2D eigenvalue weighted by molar-refractivity contribution is 5.94. The van der Waals surface area contributed by atoms with Crippen molar-refractivity contribution >= 4 is 5.91 Å². The molecule has 5 heteroatoms. The summed E-state index contributed by atoms with van der Waals surface area (Å²) in [5.74, 6) is 1.04. The van der Waals surface area contributed by atoms with E-state index in [1.807, 2.05) is 37.3 Å². The second-order valence-corrected chi connectivity index (χ2v) is 4.98. The first-order valence-corrected chi connectivity index (χ1v) is 7.22. The highest BCUT2D eigenvalue weighted by Gasteiger charge is 2.11. The number of nitrogens with one attached hydrogen (secondary N) is 1. The molecule has 1 amide bonds. The van der Waals surface area contributed by atoms with Crippen LogP contribution in [0.15, 0.2) is 48.5 Å². The van der Waals surface area contributed by atoms with Gasteiger partial charge in [0, 0.05) is 5.56 Å². The Morgan fingerprint density at radius 3 is 2.65 bits per heavy atom. The van der Waals surface area contributed by atoms with Crippen molar-refractivity contribution in [3.05, 3.63) is 59.7 Å². The predicted octanol–water partition coefficient (Wildman–Crippen LogP) is 2.76. The fraction of sp³-hybridized carbons (Fsp3) is 0.222. The summed E-state index contributed by atoms with van der Waals surface area (Å²) in [5.41, 5.74) is 0.907. The van der Waals surface area contributed by atoms with E-state index in [0.29, 0.717) is 29.2 Å². The molecule has 2 aromatic rings. The van der Waals surface area contributed by atoms with Crippen LogP contribution in [-0.4, -0.2) is 25.7 Å². The third kappa shape index (κ3) is 4.48. The lowest BCUT2D eigenvalue weighted by Crippen LogP contribution is -2.33. The lowest BCUT2D eigenvalue weighted by atomic mass is 10.1. The highest BCUT2D eigenvalue weighted by atomic mass is 16.5. The summed E-state index contributed by atoms with van der Waals surface area (Å²) in [7, 11) is 1.58. The standard InChI is InChI=1S/C18H18N2O3/c1-13(23-17-9-4-3-8-16(17)22-2)12-20-18(21)15-7-5-6-14(10-15)11-19/h3-10,13H,12H2,1-2H3,(H,20,21)/t13-/m1/s1. The van der Waals surface area contributed by atoms with Gasteiger partial charge >= 0.3 is 0 Å². The molecule has 0 radical (unpaired) electrons. The van der Waals surface area contributed by atoms with E-state index >= 15 is 0 Å². The second-order valence-electron chi connectivity index (χ2n) is 4.98. The Balaban J connectivity index is 1.92. The number of carbonyl (C=O) groups excluding carboxylic acids is 1. The monoisotopic (exact) mass is 310 g/mol. The maximum Gasteiger partial charge on any atom is 0.251 e. The first-order valence-electron chi connectivity index (χ1n) is 7.22. The van der Waals surface area contributed by atoms with E-state index < -0.39 is 0 Å². The van der Waals surface area contributed by atoms with Gasteiger partial charge in [-0.05, 0) is 37.3 Å². The Morgan fingerprint density at radius 2 is 1.96 bits per heavy atom. The maximum absolute atomic E-state index is 12.1. The minimum Gasteiger partial charge on any atom is -0.493 e. The number of carbonyl (C=O) groups is 1. The first-order chi connectivity index (χ1) is 11.1. The van der Waals surface area contributed by atoms with Gasteiger partial charge in [-0.15, -0.1) is 0 Å². The lowest BCUT2D eigenvalue weighted by Gasteiger charge is -2.17. The van der Waals surface area contributed by atoms with Crippen LogP contribution in [0.5, 0.6) is 11.5 Å². The number of nitriles is 1. The number of hydrogen-bond acceptors (Lipinski definition) is 4. The number of hydrogen-bond donors (Lipinski definition) is 1. The normalized spacial score (nSPS) is 11.2. The molecule has 0 aliphatic heterocycles. The summed E-state index contributed by atoms with van der Waals surface area (Å²) in [6.07, 6.45) is -0.227. The van der Waals surface area contributed by atoms with Crippen LogP contribution < -0.4 is 14.8 Å². The number of rotatable bonds is 6. The Kier molecular flexibility index (Phi) is 5.59. The van der Waals surface area contributed by atoms with Crippen molar-refractivity contribution in [1.29, 1.82) is 5.26 Å².